The molecule has 0 aromatic heterocycles. The second-order valence-electron chi connectivity index (χ2n) is 7.10. The van der Waals surface area contributed by atoms with Crippen molar-refractivity contribution >= 4 is 6.09 Å². The number of methoxy groups -OCH3 is 2. The molecule has 1 aromatic rings. The van der Waals surface area contributed by atoms with E-state index in [1.807, 2.05) is 12.1 Å². The molecule has 3 atom stereocenters. The molecule has 1 fully saturated rings. The Hall–Kier alpha value is -2.25. The Kier molecular flexibility index (Phi) is 6.23. The Morgan fingerprint density at radius 3 is 2.74 bits per heavy atom. The summed E-state index contributed by atoms with van der Waals surface area (Å²) >= 11 is 0. The average molecular weight is 375 g/mol. The van der Waals surface area contributed by atoms with Crippen molar-refractivity contribution in [3.05, 3.63) is 35.9 Å². The van der Waals surface area contributed by atoms with Crippen molar-refractivity contribution in [2.24, 2.45) is 0 Å². The fraction of sp³-hybridized carbons (Fsp3) is 0.550. The number of benzene rings is 1. The first-order valence-corrected chi connectivity index (χ1v) is 9.40. The maximum Gasteiger partial charge on any atom is 0.404 e. The summed E-state index contributed by atoms with van der Waals surface area (Å²) in [5, 5.41) is 15.5. The fourth-order valence-electron chi connectivity index (χ4n) is 4.26. The molecule has 1 aromatic carbocycles. The van der Waals surface area contributed by atoms with Crippen LogP contribution in [-0.2, 0) is 6.42 Å². The van der Waals surface area contributed by atoms with Crippen molar-refractivity contribution in [2.75, 3.05) is 33.9 Å². The molecule has 148 valence electrons. The van der Waals surface area contributed by atoms with Crippen LogP contribution in [0, 0.1) is 0 Å². The van der Waals surface area contributed by atoms with Gasteiger partial charge in [-0.25, -0.2) is 4.79 Å². The molecule has 2 aliphatic heterocycles. The highest BCUT2D eigenvalue weighted by Gasteiger charge is 2.39. The third kappa shape index (κ3) is 4.20. The van der Waals surface area contributed by atoms with Gasteiger partial charge in [-0.2, -0.15) is 0 Å². The molecule has 0 saturated carbocycles. The lowest BCUT2D eigenvalue weighted by Crippen LogP contribution is -2.61. The molecule has 3 rings (SSSR count). The van der Waals surface area contributed by atoms with Crippen molar-refractivity contribution in [1.29, 1.82) is 0 Å². The van der Waals surface area contributed by atoms with Crippen LogP contribution in [0.25, 0.3) is 0 Å². The van der Waals surface area contributed by atoms with Gasteiger partial charge in [0.2, 0.25) is 0 Å². The summed E-state index contributed by atoms with van der Waals surface area (Å²) in [5.41, 5.74) is 2.46. The molecule has 27 heavy (non-hydrogen) atoms. The van der Waals surface area contributed by atoms with E-state index in [-0.39, 0.29) is 18.1 Å². The molecule has 7 heteroatoms. The zero-order valence-corrected chi connectivity index (χ0v) is 16.0. The largest absolute Gasteiger partial charge is 0.493 e. The van der Waals surface area contributed by atoms with Gasteiger partial charge in [0, 0.05) is 25.2 Å². The number of carbonyl (C=O) groups is 1. The monoisotopic (exact) mass is 375 g/mol. The molecule has 0 aliphatic carbocycles. The van der Waals surface area contributed by atoms with Gasteiger partial charge in [-0.05, 0) is 49.1 Å². The molecule has 0 radical (unpaired) electrons. The van der Waals surface area contributed by atoms with Crippen LogP contribution >= 0.6 is 0 Å². The van der Waals surface area contributed by atoms with Gasteiger partial charge in [0.15, 0.2) is 11.5 Å². The van der Waals surface area contributed by atoms with Crippen LogP contribution in [0.15, 0.2) is 24.8 Å². The van der Waals surface area contributed by atoms with Gasteiger partial charge in [0.05, 0.1) is 20.3 Å². The summed E-state index contributed by atoms with van der Waals surface area (Å²) in [6.07, 6.45) is 3.42. The summed E-state index contributed by atoms with van der Waals surface area (Å²) in [6.45, 7) is 6.30. The summed E-state index contributed by atoms with van der Waals surface area (Å²) in [7, 11) is 3.28. The zero-order valence-electron chi connectivity index (χ0n) is 16.0. The van der Waals surface area contributed by atoms with Gasteiger partial charge in [0.1, 0.15) is 0 Å². The van der Waals surface area contributed by atoms with Crippen molar-refractivity contribution in [2.45, 2.75) is 37.4 Å². The lowest BCUT2D eigenvalue weighted by molar-refractivity contribution is 0.0854. The van der Waals surface area contributed by atoms with Crippen LogP contribution < -0.4 is 20.1 Å². The van der Waals surface area contributed by atoms with Gasteiger partial charge >= 0.3 is 6.09 Å². The summed E-state index contributed by atoms with van der Waals surface area (Å²) in [4.78, 5) is 13.8. The molecule has 2 heterocycles. The van der Waals surface area contributed by atoms with E-state index in [2.05, 4.69) is 28.2 Å². The van der Waals surface area contributed by atoms with E-state index in [4.69, 9.17) is 9.47 Å². The van der Waals surface area contributed by atoms with Gasteiger partial charge in [0.25, 0.3) is 0 Å². The predicted octanol–water partition coefficient (Wildman–Crippen LogP) is 2.18. The van der Waals surface area contributed by atoms with Gasteiger partial charge in [-0.15, -0.1) is 6.58 Å². The number of hydrogen-bond acceptors (Lipinski definition) is 5. The van der Waals surface area contributed by atoms with Crippen LogP contribution in [-0.4, -0.2) is 62.0 Å². The summed E-state index contributed by atoms with van der Waals surface area (Å²) < 4.78 is 10.9. The Morgan fingerprint density at radius 1 is 1.33 bits per heavy atom. The van der Waals surface area contributed by atoms with Crippen LogP contribution in [0.4, 0.5) is 4.79 Å². The van der Waals surface area contributed by atoms with Crippen molar-refractivity contribution < 1.29 is 19.4 Å². The third-order valence-electron chi connectivity index (χ3n) is 5.57. The molecule has 3 N–H and O–H groups in total. The number of amides is 1. The number of nitrogens with one attached hydrogen (secondary N) is 2. The molecular formula is C20H29N3O4. The van der Waals surface area contributed by atoms with E-state index in [9.17, 15) is 9.90 Å². The topological polar surface area (TPSA) is 83.1 Å². The quantitative estimate of drug-likeness (QED) is 0.501. The summed E-state index contributed by atoms with van der Waals surface area (Å²) in [6, 6.07) is 4.21. The number of carboxylic acid groups (broad SMARTS) is 1. The normalized spacial score (nSPS) is 24.4. The highest BCUT2D eigenvalue weighted by Crippen LogP contribution is 2.41. The van der Waals surface area contributed by atoms with Crippen LogP contribution in [0.2, 0.25) is 0 Å². The van der Waals surface area contributed by atoms with E-state index in [1.165, 1.54) is 11.1 Å². The minimum absolute atomic E-state index is 0.0824. The van der Waals surface area contributed by atoms with Crippen molar-refractivity contribution in [1.82, 2.24) is 15.5 Å². The zero-order chi connectivity index (χ0) is 19.4. The first-order chi connectivity index (χ1) is 13.1. The average Bonchev–Trinajstić information content (AvgIpc) is 2.66. The minimum atomic E-state index is -0.979. The van der Waals surface area contributed by atoms with Crippen LogP contribution in [0.1, 0.15) is 30.0 Å². The van der Waals surface area contributed by atoms with Crippen LogP contribution in [0.3, 0.4) is 0 Å². The van der Waals surface area contributed by atoms with Gasteiger partial charge in [-0.1, -0.05) is 6.08 Å². The summed E-state index contributed by atoms with van der Waals surface area (Å²) in [5.74, 6) is 1.46. The number of nitrogens with zero attached hydrogens (tertiary/aromatic N) is 1. The third-order valence-corrected chi connectivity index (χ3v) is 5.57. The maximum atomic E-state index is 11.3. The lowest BCUT2D eigenvalue weighted by atomic mass is 9.83. The molecule has 1 amide bonds. The van der Waals surface area contributed by atoms with Crippen molar-refractivity contribution in [3.63, 3.8) is 0 Å². The number of rotatable bonds is 7. The number of ether oxygens (including phenoxy) is 2. The minimum Gasteiger partial charge on any atom is -0.493 e. The first-order valence-electron chi connectivity index (χ1n) is 9.40. The van der Waals surface area contributed by atoms with E-state index < -0.39 is 6.09 Å². The Labute approximate surface area is 160 Å². The number of fused-ring (bicyclic) bond motifs is 3. The lowest BCUT2D eigenvalue weighted by Gasteiger charge is -2.47. The van der Waals surface area contributed by atoms with Crippen LogP contribution in [0.5, 0.6) is 11.5 Å². The first kappa shape index (κ1) is 19.5. The second-order valence-corrected chi connectivity index (χ2v) is 7.10. The molecule has 3 unspecified atom stereocenters. The number of hydrogen-bond donors (Lipinski definition) is 3. The highest BCUT2D eigenvalue weighted by atomic mass is 16.5. The molecule has 7 nitrogen and oxygen atoms in total. The number of piperidine rings is 1. The molecule has 1 saturated heterocycles. The smallest absolute Gasteiger partial charge is 0.404 e. The predicted molar refractivity (Wildman–Crippen MR) is 104 cm³/mol. The molecular weight excluding hydrogens is 346 g/mol. The standard InChI is InChI=1S/C20H29N3O4/c1-4-5-7-21-16-12-23-8-6-13-9-18(26-2)19(27-3)10-14(13)17(23)11-15(16)22-20(24)25/h4,9-10,15-17,21-22H,1,5-8,11-12H2,2-3H3,(H,24,25). The van der Waals surface area contributed by atoms with Gasteiger partial charge < -0.3 is 25.2 Å². The second kappa shape index (κ2) is 8.63. The maximum absolute atomic E-state index is 11.3. The Balaban J connectivity index is 1.85. The Morgan fingerprint density at radius 2 is 2.07 bits per heavy atom. The van der Waals surface area contributed by atoms with Crippen molar-refractivity contribution in [3.8, 4) is 11.5 Å². The molecule has 0 spiro atoms. The van der Waals surface area contributed by atoms with Gasteiger partial charge in [-0.3, -0.25) is 4.90 Å². The van der Waals surface area contributed by atoms with E-state index >= 15 is 0 Å². The highest BCUT2D eigenvalue weighted by molar-refractivity contribution is 5.65. The Bertz CT molecular complexity index is 694. The van der Waals surface area contributed by atoms with E-state index in [1.54, 1.807) is 14.2 Å². The van der Waals surface area contributed by atoms with E-state index in [0.717, 1.165) is 44.6 Å². The molecule has 0 bridgehead atoms. The van der Waals surface area contributed by atoms with E-state index in [0.29, 0.717) is 5.75 Å². The molecule has 2 aliphatic rings. The fourth-order valence-corrected chi connectivity index (χ4v) is 4.26. The SMILES string of the molecule is C=CCCNC1CN2CCc3cc(OC)c(OC)cc3C2CC1NC(=O)O.